The number of nitrogens with one attached hydrogen (secondary N) is 1. The van der Waals surface area contributed by atoms with E-state index >= 15 is 0 Å². The maximum absolute atomic E-state index is 11.3. The van der Waals surface area contributed by atoms with E-state index in [1.165, 1.54) is 18.0 Å². The molecule has 1 amide bonds. The van der Waals surface area contributed by atoms with Gasteiger partial charge in [-0.25, -0.2) is 0 Å². The van der Waals surface area contributed by atoms with E-state index in [9.17, 15) is 4.79 Å². The molecule has 0 bridgehead atoms. The first-order chi connectivity index (χ1) is 6.89. The minimum absolute atomic E-state index is 0.408. The fraction of sp³-hybridized carbons (Fsp3) is 0.625. The van der Waals surface area contributed by atoms with Crippen LogP contribution in [0.3, 0.4) is 0 Å². The zero-order chi connectivity index (χ0) is 11.9. The molecule has 0 unspecified atom stereocenters. The summed E-state index contributed by atoms with van der Waals surface area (Å²) in [6, 6.07) is 0. The summed E-state index contributed by atoms with van der Waals surface area (Å²) in [5, 5.41) is 10.6. The van der Waals surface area contributed by atoms with Gasteiger partial charge in [0.25, 0.3) is 0 Å². The summed E-state index contributed by atoms with van der Waals surface area (Å²) >= 11 is 1.24. The van der Waals surface area contributed by atoms with Crippen molar-refractivity contribution in [3.05, 3.63) is 0 Å². The van der Waals surface area contributed by atoms with Crippen molar-refractivity contribution >= 4 is 29.9 Å². The van der Waals surface area contributed by atoms with Crippen molar-refractivity contribution in [2.75, 3.05) is 6.26 Å². The third-order valence-electron chi connectivity index (χ3n) is 1.06. The number of alkyl carbamates (subject to hydrolysis) is 1. The molecule has 0 rings (SSSR count). The second kappa shape index (κ2) is 6.35. The fourth-order valence-electron chi connectivity index (χ4n) is 0.613. The Balaban J connectivity index is 4.21. The van der Waals surface area contributed by atoms with Gasteiger partial charge in [0.1, 0.15) is 0 Å². The first kappa shape index (κ1) is 13.8. The van der Waals surface area contributed by atoms with Crippen molar-refractivity contribution < 1.29 is 14.2 Å². The maximum atomic E-state index is 11.3. The third-order valence-corrected chi connectivity index (χ3v) is 1.70. The predicted octanol–water partition coefficient (Wildman–Crippen LogP) is 1.08. The van der Waals surface area contributed by atoms with Gasteiger partial charge in [-0.3, -0.25) is 0 Å². The summed E-state index contributed by atoms with van der Waals surface area (Å²) in [6.45, 7) is 5.29. The van der Waals surface area contributed by atoms with Crippen LogP contribution in [0, 0.1) is 11.5 Å². The van der Waals surface area contributed by atoms with Crippen LogP contribution in [0.1, 0.15) is 20.8 Å². The monoisotopic (exact) mass is 228 g/mol. The van der Waals surface area contributed by atoms with Gasteiger partial charge in [-0.1, -0.05) is 0 Å². The van der Waals surface area contributed by atoms with Crippen molar-refractivity contribution in [1.29, 1.82) is 5.26 Å². The molecule has 0 atom stereocenters. The molecule has 0 aliphatic carbocycles. The molecule has 0 fully saturated rings. The van der Waals surface area contributed by atoms with Crippen molar-refractivity contribution in [2.24, 2.45) is 0 Å². The number of carbonyl (C=O) groups excluding carboxylic acids is 1. The summed E-state index contributed by atoms with van der Waals surface area (Å²) in [6.07, 6.45) is 2.63. The second-order valence-corrected chi connectivity index (χ2v) is 4.37. The predicted molar refractivity (Wildman–Crippen MR) is 60.3 cm³/mol. The molecule has 0 aromatic rings. The Morgan fingerprint density at radius 3 is 2.53 bits per heavy atom. The standard InChI is InChI=1S/C8H13BN2O3S/c1-8(2,3)14-7(12)11-6(15-4)9-13-5-10/h1-4H3,(H,11,12). The van der Waals surface area contributed by atoms with E-state index < -0.39 is 11.7 Å². The van der Waals surface area contributed by atoms with Crippen molar-refractivity contribution in [3.63, 3.8) is 0 Å². The molecule has 5 nitrogen and oxygen atoms in total. The zero-order valence-corrected chi connectivity index (χ0v) is 9.97. The number of amides is 1. The Hall–Kier alpha value is -1.16. The van der Waals surface area contributed by atoms with Gasteiger partial charge in [0, 0.05) is 0 Å². The summed E-state index contributed by atoms with van der Waals surface area (Å²) in [7, 11) is 1.15. The number of hydrogen-bond donors (Lipinski definition) is 1. The van der Waals surface area contributed by atoms with Crippen molar-refractivity contribution in [1.82, 2.24) is 5.32 Å². The molecular weight excluding hydrogens is 215 g/mol. The number of thioether (sulfide) groups is 1. The van der Waals surface area contributed by atoms with E-state index in [0.717, 1.165) is 7.12 Å². The Morgan fingerprint density at radius 1 is 1.53 bits per heavy atom. The summed E-state index contributed by atoms with van der Waals surface area (Å²) in [4.78, 5) is 11.7. The average molecular weight is 228 g/mol. The van der Waals surface area contributed by atoms with Gasteiger partial charge >= 0.3 is 93.5 Å². The molecular formula is C8H13BN2O3S. The van der Waals surface area contributed by atoms with Gasteiger partial charge < -0.3 is 0 Å². The number of ether oxygens (including phenoxy) is 1. The molecule has 0 saturated heterocycles. The van der Waals surface area contributed by atoms with Crippen LogP contribution in [0.4, 0.5) is 4.79 Å². The Kier molecular flexibility index (Phi) is 5.86. The topological polar surface area (TPSA) is 71.3 Å². The van der Waals surface area contributed by atoms with E-state index in [2.05, 4.69) is 9.97 Å². The molecule has 0 heterocycles. The molecule has 1 N–H and O–H groups in total. The van der Waals surface area contributed by atoms with Gasteiger partial charge in [-0.2, -0.15) is 0 Å². The molecule has 0 radical (unpaired) electrons. The SMILES string of the molecule is CSC(=BOC#N)NC(=O)OC(C)(C)C. The van der Waals surface area contributed by atoms with Crippen LogP contribution >= 0.6 is 11.8 Å². The van der Waals surface area contributed by atoms with Crippen molar-refractivity contribution in [3.8, 4) is 6.26 Å². The normalized spacial score (nSPS) is 11.0. The molecule has 82 valence electrons. The molecule has 0 aliphatic heterocycles. The molecule has 0 saturated carbocycles. The van der Waals surface area contributed by atoms with Crippen LogP contribution in [0.15, 0.2) is 0 Å². The van der Waals surface area contributed by atoms with Gasteiger partial charge in [0.15, 0.2) is 0 Å². The molecule has 15 heavy (non-hydrogen) atoms. The van der Waals surface area contributed by atoms with Gasteiger partial charge in [-0.15, -0.1) is 0 Å². The van der Waals surface area contributed by atoms with Gasteiger partial charge in [0.2, 0.25) is 0 Å². The Morgan fingerprint density at radius 2 is 2.13 bits per heavy atom. The van der Waals surface area contributed by atoms with Crippen LogP contribution in [-0.2, 0) is 9.39 Å². The van der Waals surface area contributed by atoms with Crippen LogP contribution < -0.4 is 5.32 Å². The van der Waals surface area contributed by atoms with E-state index in [0.29, 0.717) is 4.92 Å². The van der Waals surface area contributed by atoms with E-state index in [1.54, 1.807) is 27.0 Å². The van der Waals surface area contributed by atoms with Crippen LogP contribution in [0.5, 0.6) is 0 Å². The number of carbonyl (C=O) groups is 1. The van der Waals surface area contributed by atoms with E-state index in [4.69, 9.17) is 10.00 Å². The minimum atomic E-state index is -0.579. The number of nitriles is 1. The quantitative estimate of drug-likeness (QED) is 0.578. The number of rotatable bonds is 3. The van der Waals surface area contributed by atoms with Gasteiger partial charge in [-0.05, 0) is 0 Å². The summed E-state index contributed by atoms with van der Waals surface area (Å²) < 4.78 is 9.38. The first-order valence-electron chi connectivity index (χ1n) is 4.18. The summed E-state index contributed by atoms with van der Waals surface area (Å²) in [5.74, 6) is 0. The first-order valence-corrected chi connectivity index (χ1v) is 5.40. The van der Waals surface area contributed by atoms with E-state index in [-0.39, 0.29) is 0 Å². The Labute approximate surface area is 94.1 Å². The van der Waals surface area contributed by atoms with E-state index in [1.807, 2.05) is 0 Å². The molecule has 0 spiro atoms. The fourth-order valence-corrected chi connectivity index (χ4v) is 0.942. The zero-order valence-electron chi connectivity index (χ0n) is 9.16. The van der Waals surface area contributed by atoms with Crippen LogP contribution in [0.25, 0.3) is 0 Å². The Bertz CT molecular complexity index is 293. The van der Waals surface area contributed by atoms with Crippen molar-refractivity contribution in [2.45, 2.75) is 26.4 Å². The molecule has 0 aliphatic rings. The van der Waals surface area contributed by atoms with Gasteiger partial charge in [0.05, 0.1) is 0 Å². The molecule has 0 aromatic heterocycles. The average Bonchev–Trinajstić information content (AvgIpc) is 2.09. The van der Waals surface area contributed by atoms with Crippen LogP contribution in [-0.4, -0.2) is 30.0 Å². The third kappa shape index (κ3) is 7.88. The number of nitrogens with zero attached hydrogens (tertiary/aromatic N) is 1. The molecule has 7 heteroatoms. The second-order valence-electron chi connectivity index (χ2n) is 3.52. The molecule has 0 aromatic carbocycles. The van der Waals surface area contributed by atoms with Crippen LogP contribution in [0.2, 0.25) is 0 Å². The summed E-state index contributed by atoms with van der Waals surface area (Å²) in [5.41, 5.74) is -0.552. The number of hydrogen-bond acceptors (Lipinski definition) is 5.